The number of aromatic carboxylic acids is 1. The minimum Gasteiger partial charge on any atom is -0.487 e. The molecule has 7 heteroatoms. The molecule has 1 aromatic carbocycles. The Hall–Kier alpha value is -2.38. The number of hydrogen-bond donors (Lipinski definition) is 2. The monoisotopic (exact) mass is 406 g/mol. The molecule has 0 fully saturated rings. The van der Waals surface area contributed by atoms with Gasteiger partial charge in [0.1, 0.15) is 12.4 Å². The van der Waals surface area contributed by atoms with E-state index in [4.69, 9.17) is 15.6 Å². The number of nitrogens with two attached hydrogens (primary N) is 1. The first-order valence-corrected chi connectivity index (χ1v) is 9.84. The fourth-order valence-corrected chi connectivity index (χ4v) is 2.83. The molecule has 3 N–H and O–H groups in total. The Balaban J connectivity index is 0.000000416. The van der Waals surface area contributed by atoms with E-state index < -0.39 is 5.97 Å². The van der Waals surface area contributed by atoms with Crippen molar-refractivity contribution in [3.8, 4) is 5.75 Å². The lowest BCUT2D eigenvalue weighted by molar-refractivity contribution is -0.118. The van der Waals surface area contributed by atoms with Crippen LogP contribution in [0.4, 0.5) is 0 Å². The summed E-state index contributed by atoms with van der Waals surface area (Å²) in [4.78, 5) is 23.2. The van der Waals surface area contributed by atoms with Crippen molar-refractivity contribution in [2.75, 3.05) is 20.6 Å². The molecule has 0 aliphatic carbocycles. The minimum absolute atomic E-state index is 0.128. The number of thiophene rings is 1. The Kier molecular flexibility index (Phi) is 9.15. The molecule has 0 unspecified atom stereocenters. The summed E-state index contributed by atoms with van der Waals surface area (Å²) in [5.41, 5.74) is 7.30. The largest absolute Gasteiger partial charge is 0.487 e. The molecule has 2 rings (SSSR count). The highest BCUT2D eigenvalue weighted by molar-refractivity contribution is 7.12. The van der Waals surface area contributed by atoms with Crippen molar-refractivity contribution in [2.45, 2.75) is 39.2 Å². The van der Waals surface area contributed by atoms with Crippen LogP contribution in [0.15, 0.2) is 35.7 Å². The number of rotatable bonds is 7. The lowest BCUT2D eigenvalue weighted by atomic mass is 9.87. The number of carboxylic acids is 1. The van der Waals surface area contributed by atoms with Gasteiger partial charge < -0.3 is 20.5 Å². The third kappa shape index (κ3) is 8.54. The Bertz CT molecular complexity index is 761. The van der Waals surface area contributed by atoms with E-state index >= 15 is 0 Å². The van der Waals surface area contributed by atoms with Gasteiger partial charge in [-0.2, -0.15) is 0 Å². The average molecular weight is 407 g/mol. The number of benzene rings is 1. The maximum atomic E-state index is 11.0. The van der Waals surface area contributed by atoms with Gasteiger partial charge in [0.25, 0.3) is 0 Å². The molecule has 28 heavy (non-hydrogen) atoms. The SMILES string of the molecule is CC(C)(C)c1ccc(COc2ccsc2C(=O)O)cc1.CN(C)CCC(N)=O. The van der Waals surface area contributed by atoms with Crippen LogP contribution in [-0.4, -0.2) is 42.5 Å². The van der Waals surface area contributed by atoms with Gasteiger partial charge in [0, 0.05) is 13.0 Å². The van der Waals surface area contributed by atoms with Crippen LogP contribution in [0, 0.1) is 0 Å². The van der Waals surface area contributed by atoms with E-state index in [1.54, 1.807) is 11.4 Å². The molecule has 0 saturated heterocycles. The Morgan fingerprint density at radius 2 is 1.75 bits per heavy atom. The molecule has 2 aromatic rings. The second-order valence-electron chi connectivity index (χ2n) is 7.67. The van der Waals surface area contributed by atoms with Crippen molar-refractivity contribution < 1.29 is 19.4 Å². The normalized spacial score (nSPS) is 10.9. The van der Waals surface area contributed by atoms with Crippen molar-refractivity contribution in [2.24, 2.45) is 5.73 Å². The summed E-state index contributed by atoms with van der Waals surface area (Å²) in [6.45, 7) is 7.63. The van der Waals surface area contributed by atoms with E-state index in [0.717, 1.165) is 12.1 Å². The van der Waals surface area contributed by atoms with Gasteiger partial charge in [-0.1, -0.05) is 45.0 Å². The summed E-state index contributed by atoms with van der Waals surface area (Å²) in [6, 6.07) is 9.91. The van der Waals surface area contributed by atoms with Crippen LogP contribution in [0.5, 0.6) is 5.75 Å². The predicted molar refractivity (Wildman–Crippen MR) is 113 cm³/mol. The standard InChI is InChI=1S/C16H18O3S.C5H12N2O/c1-16(2,3)12-6-4-11(5-7-12)10-19-13-8-9-20-14(13)15(17)18;1-7(2)4-3-5(6)8/h4-9H,10H2,1-3H3,(H,17,18);3-4H2,1-2H3,(H2,6,8). The molecule has 0 aliphatic heterocycles. The van der Waals surface area contributed by atoms with E-state index in [-0.39, 0.29) is 16.2 Å². The van der Waals surface area contributed by atoms with Crippen LogP contribution in [0.1, 0.15) is 48.0 Å². The van der Waals surface area contributed by atoms with Gasteiger partial charge in [0.2, 0.25) is 5.91 Å². The van der Waals surface area contributed by atoms with Crippen molar-refractivity contribution in [1.82, 2.24) is 4.90 Å². The minimum atomic E-state index is -0.946. The van der Waals surface area contributed by atoms with Gasteiger partial charge in [-0.25, -0.2) is 4.79 Å². The highest BCUT2D eigenvalue weighted by Crippen LogP contribution is 2.26. The van der Waals surface area contributed by atoms with Crippen molar-refractivity contribution in [1.29, 1.82) is 0 Å². The molecule has 1 amide bonds. The smallest absolute Gasteiger partial charge is 0.349 e. The molecule has 0 saturated carbocycles. The quantitative estimate of drug-likeness (QED) is 0.730. The number of carbonyl (C=O) groups excluding carboxylic acids is 1. The summed E-state index contributed by atoms with van der Waals surface area (Å²) in [5.74, 6) is -0.751. The number of carbonyl (C=O) groups is 2. The van der Waals surface area contributed by atoms with Crippen molar-refractivity contribution in [3.05, 3.63) is 51.7 Å². The Morgan fingerprint density at radius 1 is 1.14 bits per heavy atom. The van der Waals surface area contributed by atoms with E-state index in [2.05, 4.69) is 32.9 Å². The first kappa shape index (κ1) is 23.7. The van der Waals surface area contributed by atoms with Gasteiger partial charge in [-0.05, 0) is 42.1 Å². The highest BCUT2D eigenvalue weighted by Gasteiger charge is 2.14. The van der Waals surface area contributed by atoms with Crippen LogP contribution in [0.2, 0.25) is 0 Å². The van der Waals surface area contributed by atoms with Crippen LogP contribution in [0.3, 0.4) is 0 Å². The Morgan fingerprint density at radius 3 is 2.18 bits per heavy atom. The maximum Gasteiger partial charge on any atom is 0.349 e. The summed E-state index contributed by atoms with van der Waals surface area (Å²) in [5, 5.41) is 10.7. The number of ether oxygens (including phenoxy) is 1. The van der Waals surface area contributed by atoms with Gasteiger partial charge in [0.05, 0.1) is 0 Å². The molecule has 0 spiro atoms. The van der Waals surface area contributed by atoms with Gasteiger partial charge in [-0.3, -0.25) is 4.79 Å². The lowest BCUT2D eigenvalue weighted by Gasteiger charge is -2.19. The molecule has 154 valence electrons. The zero-order chi connectivity index (χ0) is 21.3. The summed E-state index contributed by atoms with van der Waals surface area (Å²) in [6.07, 6.45) is 0.451. The van der Waals surface area contributed by atoms with E-state index in [1.165, 1.54) is 16.9 Å². The zero-order valence-electron chi connectivity index (χ0n) is 17.2. The first-order valence-electron chi connectivity index (χ1n) is 8.96. The average Bonchev–Trinajstić information content (AvgIpc) is 3.07. The molecule has 0 bridgehead atoms. The van der Waals surface area contributed by atoms with E-state index in [9.17, 15) is 9.59 Å². The third-order valence-electron chi connectivity index (χ3n) is 3.84. The fraction of sp³-hybridized carbons (Fsp3) is 0.429. The van der Waals surface area contributed by atoms with E-state index in [0.29, 0.717) is 18.8 Å². The number of carboxylic acid groups (broad SMARTS) is 1. The van der Waals surface area contributed by atoms with Gasteiger partial charge >= 0.3 is 5.97 Å². The topological polar surface area (TPSA) is 92.9 Å². The molecule has 0 atom stereocenters. The zero-order valence-corrected chi connectivity index (χ0v) is 18.0. The molecule has 1 aromatic heterocycles. The molecular weight excluding hydrogens is 376 g/mol. The molecule has 6 nitrogen and oxygen atoms in total. The van der Waals surface area contributed by atoms with Gasteiger partial charge in [-0.15, -0.1) is 11.3 Å². The first-order chi connectivity index (χ1) is 13.0. The summed E-state index contributed by atoms with van der Waals surface area (Å²) < 4.78 is 5.58. The Labute approximate surface area is 170 Å². The van der Waals surface area contributed by atoms with Gasteiger partial charge in [0.15, 0.2) is 4.88 Å². The number of amides is 1. The number of primary amides is 1. The fourth-order valence-electron chi connectivity index (χ4n) is 2.16. The lowest BCUT2D eigenvalue weighted by Crippen LogP contribution is -2.20. The van der Waals surface area contributed by atoms with Crippen molar-refractivity contribution >= 4 is 23.2 Å². The number of hydrogen-bond acceptors (Lipinski definition) is 5. The second kappa shape index (κ2) is 10.8. The molecule has 0 aliphatic rings. The summed E-state index contributed by atoms with van der Waals surface area (Å²) >= 11 is 1.17. The molecule has 1 heterocycles. The van der Waals surface area contributed by atoms with Crippen molar-refractivity contribution in [3.63, 3.8) is 0 Å². The highest BCUT2D eigenvalue weighted by atomic mass is 32.1. The predicted octanol–water partition coefficient (Wildman–Crippen LogP) is 3.75. The maximum absolute atomic E-state index is 11.0. The molecular formula is C21H30N2O4S. The van der Waals surface area contributed by atoms with E-state index in [1.807, 2.05) is 31.1 Å². The summed E-state index contributed by atoms with van der Waals surface area (Å²) in [7, 11) is 3.81. The van der Waals surface area contributed by atoms with Crippen LogP contribution in [0.25, 0.3) is 0 Å². The second-order valence-corrected chi connectivity index (χ2v) is 8.59. The molecule has 0 radical (unpaired) electrons. The van der Waals surface area contributed by atoms with Crippen LogP contribution in [-0.2, 0) is 16.8 Å². The number of nitrogens with zero attached hydrogens (tertiary/aromatic N) is 1. The third-order valence-corrected chi connectivity index (χ3v) is 4.73. The van der Waals surface area contributed by atoms with Crippen LogP contribution < -0.4 is 10.5 Å². The van der Waals surface area contributed by atoms with Crippen LogP contribution >= 0.6 is 11.3 Å².